The van der Waals surface area contributed by atoms with Crippen LogP contribution in [0.2, 0.25) is 0 Å². The van der Waals surface area contributed by atoms with Crippen molar-refractivity contribution in [3.8, 4) is 0 Å². The summed E-state index contributed by atoms with van der Waals surface area (Å²) in [6.45, 7) is 7.46. The van der Waals surface area contributed by atoms with Gasteiger partial charge in [0.1, 0.15) is 5.82 Å². The van der Waals surface area contributed by atoms with E-state index in [9.17, 15) is 0 Å². The number of amidine groups is 1. The van der Waals surface area contributed by atoms with Crippen LogP contribution in [0.4, 0.5) is 0 Å². The van der Waals surface area contributed by atoms with Crippen LogP contribution in [-0.4, -0.2) is 26.9 Å². The summed E-state index contributed by atoms with van der Waals surface area (Å²) in [6.07, 6.45) is 7.55. The lowest BCUT2D eigenvalue weighted by molar-refractivity contribution is 0.556. The van der Waals surface area contributed by atoms with Crippen molar-refractivity contribution in [1.29, 1.82) is 0 Å². The fourth-order valence-corrected chi connectivity index (χ4v) is 1.37. The van der Waals surface area contributed by atoms with Gasteiger partial charge in [-0.05, 0) is 13.8 Å². The first-order chi connectivity index (χ1) is 9.45. The van der Waals surface area contributed by atoms with E-state index in [2.05, 4.69) is 27.0 Å². The molecule has 0 unspecified atom stereocenters. The number of imidazole rings is 1. The third-order valence-corrected chi connectivity index (χ3v) is 2.52. The smallest absolute Gasteiger partial charge is 0.229 e. The number of aryl methyl sites for hydroxylation is 2. The quantitative estimate of drug-likeness (QED) is 0.359. The van der Waals surface area contributed by atoms with Crippen LogP contribution in [0.25, 0.3) is 0 Å². The van der Waals surface area contributed by atoms with Crippen molar-refractivity contribution in [3.63, 3.8) is 0 Å². The van der Waals surface area contributed by atoms with Gasteiger partial charge >= 0.3 is 0 Å². The van der Waals surface area contributed by atoms with E-state index in [0.717, 1.165) is 5.62 Å². The van der Waals surface area contributed by atoms with E-state index in [-0.39, 0.29) is 0 Å². The molecular weight excluding hydrogens is 254 g/mol. The number of azo groups is 1. The molecule has 0 aliphatic carbocycles. The normalized spacial score (nSPS) is 12.3. The van der Waals surface area contributed by atoms with Gasteiger partial charge in [-0.3, -0.25) is 0 Å². The van der Waals surface area contributed by atoms with Crippen LogP contribution in [-0.2, 0) is 14.1 Å². The van der Waals surface area contributed by atoms with Crippen molar-refractivity contribution in [2.24, 2.45) is 34.5 Å². The van der Waals surface area contributed by atoms with Crippen LogP contribution in [0.3, 0.4) is 0 Å². The summed E-state index contributed by atoms with van der Waals surface area (Å²) in [5, 5.41) is 16.1. The Balaban J connectivity index is 2.82. The van der Waals surface area contributed by atoms with Gasteiger partial charge in [0.05, 0.1) is 0 Å². The van der Waals surface area contributed by atoms with Crippen LogP contribution < -0.4 is 5.62 Å². The number of nitrogens with zero attached hydrogens (tertiary/aromatic N) is 7. The van der Waals surface area contributed by atoms with Crippen molar-refractivity contribution in [3.05, 3.63) is 42.7 Å². The molecule has 0 aliphatic heterocycles. The maximum Gasteiger partial charge on any atom is 0.229 e. The van der Waals surface area contributed by atoms with Gasteiger partial charge in [-0.15, -0.1) is 20.4 Å². The van der Waals surface area contributed by atoms with Crippen LogP contribution >= 0.6 is 0 Å². The van der Waals surface area contributed by atoms with E-state index < -0.39 is 0 Å². The Morgan fingerprint density at radius 3 is 2.40 bits per heavy atom. The Morgan fingerprint density at radius 1 is 1.25 bits per heavy atom. The second kappa shape index (κ2) is 7.22. The maximum absolute atomic E-state index is 4.13. The number of aromatic nitrogens is 2. The molecule has 108 valence electrons. The number of rotatable bonds is 4. The summed E-state index contributed by atoms with van der Waals surface area (Å²) >= 11 is 0. The Hall–Kier alpha value is -2.44. The predicted molar refractivity (Wildman–Crippen MR) is 79.6 cm³/mol. The summed E-state index contributed by atoms with van der Waals surface area (Å²) in [5.41, 5.74) is 0.726. The summed E-state index contributed by atoms with van der Waals surface area (Å²) in [7, 11) is 5.65. The lowest BCUT2D eigenvalue weighted by atomic mass is 10.6. The molecule has 0 aliphatic rings. The fourth-order valence-electron chi connectivity index (χ4n) is 1.37. The Morgan fingerprint density at radius 2 is 1.85 bits per heavy atom. The molecule has 0 saturated carbocycles. The third kappa shape index (κ3) is 4.34. The third-order valence-electron chi connectivity index (χ3n) is 2.52. The highest BCUT2D eigenvalue weighted by molar-refractivity contribution is 5.79. The molecule has 1 heterocycles. The van der Waals surface area contributed by atoms with E-state index >= 15 is 0 Å². The lowest BCUT2D eigenvalue weighted by Gasteiger charge is -2.10. The molecule has 0 amide bonds. The zero-order valence-electron chi connectivity index (χ0n) is 12.6. The van der Waals surface area contributed by atoms with Gasteiger partial charge in [-0.1, -0.05) is 12.7 Å². The molecule has 0 fully saturated rings. The Labute approximate surface area is 119 Å². The van der Waals surface area contributed by atoms with Gasteiger partial charge in [-0.25, -0.2) is 0 Å². The van der Waals surface area contributed by atoms with Gasteiger partial charge < -0.3 is 14.0 Å². The largest absolute Gasteiger partial charge is 0.335 e. The fraction of sp³-hybridized carbons (Fsp3) is 0.385. The Bertz CT molecular complexity index is 590. The SMILES string of the molecule is C=C(N=N/C(C)=N/N=c1n(C)ccn1C)N(C)/C=C\C. The van der Waals surface area contributed by atoms with Crippen molar-refractivity contribution in [2.45, 2.75) is 13.8 Å². The van der Waals surface area contributed by atoms with Crippen molar-refractivity contribution >= 4 is 5.84 Å². The van der Waals surface area contributed by atoms with Crippen molar-refractivity contribution in [2.75, 3.05) is 7.05 Å². The second-order valence-corrected chi connectivity index (χ2v) is 4.28. The summed E-state index contributed by atoms with van der Waals surface area (Å²) < 4.78 is 3.74. The van der Waals surface area contributed by atoms with E-state index in [1.54, 1.807) is 11.8 Å². The molecule has 1 aromatic heterocycles. The first-order valence-corrected chi connectivity index (χ1v) is 6.18. The zero-order valence-corrected chi connectivity index (χ0v) is 12.6. The van der Waals surface area contributed by atoms with Gasteiger partial charge in [0.15, 0.2) is 5.84 Å². The molecule has 0 aromatic carbocycles. The number of hydrogen-bond acceptors (Lipinski definition) is 4. The van der Waals surface area contributed by atoms with Gasteiger partial charge in [-0.2, -0.15) is 0 Å². The minimum Gasteiger partial charge on any atom is -0.335 e. The highest BCUT2D eigenvalue weighted by Gasteiger charge is 1.95. The first kappa shape index (κ1) is 15.6. The van der Waals surface area contributed by atoms with E-state index in [1.807, 2.05) is 61.9 Å². The monoisotopic (exact) mass is 275 g/mol. The molecule has 0 bridgehead atoms. The number of hydrogen-bond donors (Lipinski definition) is 0. The summed E-state index contributed by atoms with van der Waals surface area (Å²) in [4.78, 5) is 1.77. The minimum absolute atomic E-state index is 0.459. The predicted octanol–water partition coefficient (Wildman–Crippen LogP) is 1.99. The molecule has 7 heteroatoms. The minimum atomic E-state index is 0.459. The molecule has 7 nitrogen and oxygen atoms in total. The van der Waals surface area contributed by atoms with E-state index in [0.29, 0.717) is 11.7 Å². The van der Waals surface area contributed by atoms with Crippen molar-refractivity contribution < 1.29 is 0 Å². The van der Waals surface area contributed by atoms with Gasteiger partial charge in [0.2, 0.25) is 5.62 Å². The zero-order chi connectivity index (χ0) is 15.1. The van der Waals surface area contributed by atoms with Crippen LogP contribution in [0, 0.1) is 0 Å². The topological polar surface area (TPSA) is 62.5 Å². The average molecular weight is 275 g/mol. The van der Waals surface area contributed by atoms with Crippen molar-refractivity contribution in [1.82, 2.24) is 14.0 Å². The lowest BCUT2D eigenvalue weighted by Crippen LogP contribution is -2.21. The van der Waals surface area contributed by atoms with Crippen LogP contribution in [0.1, 0.15) is 13.8 Å². The Kier molecular flexibility index (Phi) is 5.64. The summed E-state index contributed by atoms with van der Waals surface area (Å²) in [5.74, 6) is 0.989. The van der Waals surface area contributed by atoms with Crippen LogP contribution in [0.15, 0.2) is 57.5 Å². The van der Waals surface area contributed by atoms with E-state index in [1.165, 1.54) is 0 Å². The average Bonchev–Trinajstić information content (AvgIpc) is 2.73. The molecule has 1 rings (SSSR count). The standard InChI is InChI=1S/C13H21N7/c1-7-8-18(4)12(3)16-14-11(2)15-17-13-19(5)9-10-20(13)6/h7-10H,3H2,1-2,4-6H3/b8-7-,15-11+,16-14?. The summed E-state index contributed by atoms with van der Waals surface area (Å²) in [6, 6.07) is 0. The molecule has 0 radical (unpaired) electrons. The highest BCUT2D eigenvalue weighted by atomic mass is 15.3. The number of allylic oxidation sites excluding steroid dienone is 1. The maximum atomic E-state index is 4.13. The molecular formula is C13H21N7. The second-order valence-electron chi connectivity index (χ2n) is 4.28. The van der Waals surface area contributed by atoms with Gasteiger partial charge in [0.25, 0.3) is 0 Å². The molecule has 0 N–H and O–H groups in total. The molecule has 1 aromatic rings. The van der Waals surface area contributed by atoms with Gasteiger partial charge in [0, 0.05) is 39.7 Å². The molecule has 0 atom stereocenters. The molecule has 0 saturated heterocycles. The van der Waals surface area contributed by atoms with Crippen LogP contribution in [0.5, 0.6) is 0 Å². The first-order valence-electron chi connectivity index (χ1n) is 6.18. The molecule has 0 spiro atoms. The van der Waals surface area contributed by atoms with E-state index in [4.69, 9.17) is 0 Å². The molecule has 20 heavy (non-hydrogen) atoms. The highest BCUT2D eigenvalue weighted by Crippen LogP contribution is 2.01.